The van der Waals surface area contributed by atoms with Gasteiger partial charge in [-0.1, -0.05) is 6.07 Å². The predicted octanol–water partition coefficient (Wildman–Crippen LogP) is 2.89. The molecule has 172 valence electrons. The third-order valence-electron chi connectivity index (χ3n) is 6.25. The summed E-state index contributed by atoms with van der Waals surface area (Å²) in [7, 11) is 0. The summed E-state index contributed by atoms with van der Waals surface area (Å²) >= 11 is 0. The van der Waals surface area contributed by atoms with E-state index in [1.165, 1.54) is 6.33 Å². The zero-order valence-corrected chi connectivity index (χ0v) is 18.9. The minimum atomic E-state index is -0.158. The van der Waals surface area contributed by atoms with Crippen LogP contribution in [-0.2, 0) is 4.74 Å². The highest BCUT2D eigenvalue weighted by Crippen LogP contribution is 2.28. The van der Waals surface area contributed by atoms with Gasteiger partial charge in [0.25, 0.3) is 11.8 Å². The molecule has 1 unspecified atom stereocenters. The number of hydrogen-bond donors (Lipinski definition) is 3. The van der Waals surface area contributed by atoms with Crippen molar-refractivity contribution in [3.05, 3.63) is 53.0 Å². The Hall–Kier alpha value is -3.46. The van der Waals surface area contributed by atoms with Gasteiger partial charge >= 0.3 is 0 Å². The summed E-state index contributed by atoms with van der Waals surface area (Å²) < 4.78 is 7.25. The number of anilines is 2. The van der Waals surface area contributed by atoms with Crippen molar-refractivity contribution >= 4 is 28.8 Å². The molecule has 1 aromatic carbocycles. The number of nitrogens with zero attached hydrogens (tertiary/aromatic N) is 3. The summed E-state index contributed by atoms with van der Waals surface area (Å²) in [5.41, 5.74) is 4.40. The molecule has 9 heteroatoms. The van der Waals surface area contributed by atoms with Gasteiger partial charge in [0.05, 0.1) is 11.7 Å². The smallest absolute Gasteiger partial charge is 0.253 e. The van der Waals surface area contributed by atoms with Crippen LogP contribution in [0.15, 0.2) is 30.7 Å². The van der Waals surface area contributed by atoms with Crippen LogP contribution < -0.4 is 16.0 Å². The second kappa shape index (κ2) is 8.82. The van der Waals surface area contributed by atoms with Gasteiger partial charge < -0.3 is 20.7 Å². The molecule has 2 aliphatic rings. The van der Waals surface area contributed by atoms with Crippen molar-refractivity contribution in [2.75, 3.05) is 18.5 Å². The summed E-state index contributed by atoms with van der Waals surface area (Å²) in [6.45, 7) is 5.11. The minimum absolute atomic E-state index is 0.0718. The van der Waals surface area contributed by atoms with E-state index < -0.39 is 0 Å². The van der Waals surface area contributed by atoms with Crippen LogP contribution in [0.4, 0.5) is 11.5 Å². The summed E-state index contributed by atoms with van der Waals surface area (Å²) in [5, 5.41) is 13.6. The Kier molecular flexibility index (Phi) is 5.72. The Labute approximate surface area is 191 Å². The van der Waals surface area contributed by atoms with Crippen LogP contribution in [0, 0.1) is 13.8 Å². The van der Waals surface area contributed by atoms with Crippen molar-refractivity contribution in [2.45, 2.75) is 51.7 Å². The number of hydrogen-bond acceptors (Lipinski definition) is 6. The Morgan fingerprint density at radius 2 is 2.03 bits per heavy atom. The number of nitrogens with one attached hydrogen (secondary N) is 3. The lowest BCUT2D eigenvalue weighted by Gasteiger charge is -2.12. The van der Waals surface area contributed by atoms with Crippen LogP contribution in [0.5, 0.6) is 0 Å². The van der Waals surface area contributed by atoms with Gasteiger partial charge in [0.2, 0.25) is 0 Å². The quantitative estimate of drug-likeness (QED) is 0.513. The molecule has 1 saturated carbocycles. The summed E-state index contributed by atoms with van der Waals surface area (Å²) in [4.78, 5) is 29.7. The average molecular weight is 449 g/mol. The predicted molar refractivity (Wildman–Crippen MR) is 124 cm³/mol. The zero-order valence-electron chi connectivity index (χ0n) is 18.9. The van der Waals surface area contributed by atoms with Crippen LogP contribution >= 0.6 is 0 Å². The van der Waals surface area contributed by atoms with E-state index in [4.69, 9.17) is 4.74 Å². The highest BCUT2D eigenvalue weighted by atomic mass is 16.5. The van der Waals surface area contributed by atoms with Crippen molar-refractivity contribution in [2.24, 2.45) is 0 Å². The molecule has 3 aromatic rings. The van der Waals surface area contributed by atoms with E-state index in [9.17, 15) is 9.59 Å². The summed E-state index contributed by atoms with van der Waals surface area (Å²) in [5.74, 6) is 0.343. The first kappa shape index (κ1) is 21.4. The zero-order chi connectivity index (χ0) is 22.9. The van der Waals surface area contributed by atoms with E-state index in [-0.39, 0.29) is 17.9 Å². The first-order valence-electron chi connectivity index (χ1n) is 11.4. The molecule has 1 atom stereocenters. The Morgan fingerprint density at radius 3 is 2.79 bits per heavy atom. The van der Waals surface area contributed by atoms with Gasteiger partial charge in [-0.2, -0.15) is 5.10 Å². The lowest BCUT2D eigenvalue weighted by atomic mass is 10.1. The Balaban J connectivity index is 1.39. The molecular weight excluding hydrogens is 420 g/mol. The molecule has 1 aliphatic carbocycles. The fourth-order valence-corrected chi connectivity index (χ4v) is 4.11. The van der Waals surface area contributed by atoms with E-state index in [0.717, 1.165) is 49.1 Å². The van der Waals surface area contributed by atoms with E-state index in [1.807, 2.05) is 32.0 Å². The van der Waals surface area contributed by atoms with E-state index in [2.05, 4.69) is 26.0 Å². The number of benzene rings is 1. The van der Waals surface area contributed by atoms with Gasteiger partial charge in [0.15, 0.2) is 5.82 Å². The molecule has 0 radical (unpaired) electrons. The number of ether oxygens (including phenoxy) is 1. The van der Waals surface area contributed by atoms with Crippen LogP contribution in [0.1, 0.15) is 57.5 Å². The van der Waals surface area contributed by atoms with Gasteiger partial charge in [-0.3, -0.25) is 9.59 Å². The summed E-state index contributed by atoms with van der Waals surface area (Å²) in [6, 6.07) is 5.87. The van der Waals surface area contributed by atoms with Gasteiger partial charge in [0.1, 0.15) is 11.8 Å². The van der Waals surface area contributed by atoms with Crippen molar-refractivity contribution in [3.63, 3.8) is 0 Å². The van der Waals surface area contributed by atoms with Gasteiger partial charge in [0, 0.05) is 36.6 Å². The molecule has 3 N–H and O–H groups in total. The molecule has 1 saturated heterocycles. The molecule has 33 heavy (non-hydrogen) atoms. The SMILES string of the molecule is Cc1ccc(C(=O)NC2CC2)cc1Nc1ncnn2cc(C(=O)NCC3CCCO3)c(C)c12. The molecule has 2 aromatic heterocycles. The number of carbonyl (C=O) groups is 2. The normalized spacial score (nSPS) is 17.8. The average Bonchev–Trinajstić information content (AvgIpc) is 3.33. The number of aryl methyl sites for hydroxylation is 2. The number of rotatable bonds is 7. The molecular formula is C24H28N6O3. The lowest BCUT2D eigenvalue weighted by Crippen LogP contribution is -2.31. The fourth-order valence-electron chi connectivity index (χ4n) is 4.11. The van der Waals surface area contributed by atoms with Crippen molar-refractivity contribution in [1.29, 1.82) is 0 Å². The van der Waals surface area contributed by atoms with Crippen molar-refractivity contribution in [1.82, 2.24) is 25.2 Å². The molecule has 5 rings (SSSR count). The minimum Gasteiger partial charge on any atom is -0.376 e. The molecule has 2 fully saturated rings. The van der Waals surface area contributed by atoms with Crippen molar-refractivity contribution < 1.29 is 14.3 Å². The second-order valence-corrected chi connectivity index (χ2v) is 8.82. The van der Waals surface area contributed by atoms with Crippen LogP contribution in [0.25, 0.3) is 5.52 Å². The van der Waals surface area contributed by atoms with E-state index in [0.29, 0.717) is 35.0 Å². The van der Waals surface area contributed by atoms with Crippen molar-refractivity contribution in [3.8, 4) is 0 Å². The van der Waals surface area contributed by atoms with Crippen LogP contribution in [0.2, 0.25) is 0 Å². The molecule has 1 aliphatic heterocycles. The number of amides is 2. The Morgan fingerprint density at radius 1 is 1.18 bits per heavy atom. The Bertz CT molecular complexity index is 1210. The molecule has 0 bridgehead atoms. The van der Waals surface area contributed by atoms with Gasteiger partial charge in [-0.25, -0.2) is 9.50 Å². The lowest BCUT2D eigenvalue weighted by molar-refractivity contribution is 0.0857. The molecule has 9 nitrogen and oxygen atoms in total. The molecule has 2 amide bonds. The number of fused-ring (bicyclic) bond motifs is 1. The first-order chi connectivity index (χ1) is 16.0. The van der Waals surface area contributed by atoms with Gasteiger partial charge in [-0.05, 0) is 62.8 Å². The summed E-state index contributed by atoms with van der Waals surface area (Å²) in [6.07, 6.45) is 7.32. The largest absolute Gasteiger partial charge is 0.376 e. The molecule has 3 heterocycles. The fraction of sp³-hybridized carbons (Fsp3) is 0.417. The molecule has 0 spiro atoms. The monoisotopic (exact) mass is 448 g/mol. The maximum Gasteiger partial charge on any atom is 0.253 e. The van der Waals surface area contributed by atoms with Crippen LogP contribution in [-0.4, -0.2) is 51.7 Å². The third kappa shape index (κ3) is 4.54. The van der Waals surface area contributed by atoms with Crippen LogP contribution in [0.3, 0.4) is 0 Å². The highest BCUT2D eigenvalue weighted by Gasteiger charge is 2.24. The standard InChI is InChI=1S/C24H28N6O3/c1-14-5-6-16(23(31)28-17-7-8-17)10-20(14)29-22-21-15(2)19(12-30(21)27-13-26-22)24(32)25-11-18-4-3-9-33-18/h5-6,10,12-13,17-18H,3-4,7-9,11H2,1-2H3,(H,25,32)(H,28,31)(H,26,27,29). The van der Waals surface area contributed by atoms with E-state index >= 15 is 0 Å². The highest BCUT2D eigenvalue weighted by molar-refractivity contribution is 5.99. The number of carbonyl (C=O) groups excluding carboxylic acids is 2. The third-order valence-corrected chi connectivity index (χ3v) is 6.25. The van der Waals surface area contributed by atoms with Gasteiger partial charge in [-0.15, -0.1) is 0 Å². The second-order valence-electron chi connectivity index (χ2n) is 8.82. The maximum atomic E-state index is 12.8. The maximum absolute atomic E-state index is 12.8. The number of aromatic nitrogens is 3. The first-order valence-corrected chi connectivity index (χ1v) is 11.4. The topological polar surface area (TPSA) is 110 Å². The van der Waals surface area contributed by atoms with E-state index in [1.54, 1.807) is 10.7 Å².